The van der Waals surface area contributed by atoms with E-state index in [0.717, 1.165) is 12.8 Å². The zero-order valence-corrected chi connectivity index (χ0v) is 13.8. The molecule has 0 amide bonds. The molecule has 3 rings (SSSR count). The summed E-state index contributed by atoms with van der Waals surface area (Å²) in [5.74, 6) is -0.456. The van der Waals surface area contributed by atoms with Gasteiger partial charge in [-0.05, 0) is 38.0 Å². The van der Waals surface area contributed by atoms with Crippen LogP contribution in [0, 0.1) is 17.3 Å². The summed E-state index contributed by atoms with van der Waals surface area (Å²) in [6.45, 7) is 12.3. The zero-order chi connectivity index (χ0) is 16.1. The molecule has 2 unspecified atom stereocenters. The van der Waals surface area contributed by atoms with Gasteiger partial charge in [0.1, 0.15) is 6.10 Å². The number of carbonyl (C=O) groups is 1. The standard InChI is InChI=1S/C17H26O5/c1-6-13(18)20-15-11-8-16(2,3)7-10(11)14(21-15)12-9-19-17(4,5)22-12/h6,10-12,14-15H,1,7-9H2,2-5H3/t10?,11-,12?,14+,15+/m1/s1. The largest absolute Gasteiger partial charge is 0.432 e. The van der Waals surface area contributed by atoms with Crippen molar-refractivity contribution in [3.63, 3.8) is 0 Å². The second kappa shape index (κ2) is 5.32. The van der Waals surface area contributed by atoms with Crippen LogP contribution in [0.2, 0.25) is 0 Å². The molecular weight excluding hydrogens is 284 g/mol. The van der Waals surface area contributed by atoms with Gasteiger partial charge in [0.25, 0.3) is 0 Å². The molecule has 5 nitrogen and oxygen atoms in total. The van der Waals surface area contributed by atoms with Crippen LogP contribution in [0.3, 0.4) is 0 Å². The van der Waals surface area contributed by atoms with Crippen molar-refractivity contribution in [2.24, 2.45) is 17.3 Å². The highest BCUT2D eigenvalue weighted by molar-refractivity contribution is 5.81. The second-order valence-corrected chi connectivity index (χ2v) is 7.88. The van der Waals surface area contributed by atoms with Crippen LogP contribution in [0.1, 0.15) is 40.5 Å². The van der Waals surface area contributed by atoms with Crippen molar-refractivity contribution in [1.82, 2.24) is 0 Å². The van der Waals surface area contributed by atoms with Crippen LogP contribution in [-0.2, 0) is 23.7 Å². The fourth-order valence-corrected chi connectivity index (χ4v) is 4.20. The quantitative estimate of drug-likeness (QED) is 0.592. The third-order valence-electron chi connectivity index (χ3n) is 4.99. The first-order chi connectivity index (χ1) is 10.2. The number of esters is 1. The monoisotopic (exact) mass is 310 g/mol. The number of carbonyl (C=O) groups excluding carboxylic acids is 1. The van der Waals surface area contributed by atoms with E-state index in [2.05, 4.69) is 20.4 Å². The SMILES string of the molecule is C=CC(=O)O[C@H]1O[C@H](C2COC(C)(C)O2)C2CC(C)(C)C[C@H]21. The Balaban J connectivity index is 1.77. The number of rotatable bonds is 3. The average molecular weight is 310 g/mol. The average Bonchev–Trinajstić information content (AvgIpc) is 3.01. The molecular formula is C17H26O5. The second-order valence-electron chi connectivity index (χ2n) is 7.88. The molecule has 2 aliphatic heterocycles. The minimum atomic E-state index is -0.576. The van der Waals surface area contributed by atoms with E-state index in [1.165, 1.54) is 6.08 Å². The zero-order valence-electron chi connectivity index (χ0n) is 13.8. The topological polar surface area (TPSA) is 54.0 Å². The lowest BCUT2D eigenvalue weighted by molar-refractivity contribution is -0.195. The molecule has 0 aromatic rings. The van der Waals surface area contributed by atoms with Crippen molar-refractivity contribution < 1.29 is 23.7 Å². The van der Waals surface area contributed by atoms with E-state index in [0.29, 0.717) is 12.5 Å². The van der Waals surface area contributed by atoms with Gasteiger partial charge >= 0.3 is 5.97 Å². The first-order valence-electron chi connectivity index (χ1n) is 8.01. The highest BCUT2D eigenvalue weighted by Gasteiger charge is 2.57. The van der Waals surface area contributed by atoms with Gasteiger partial charge in [-0.15, -0.1) is 0 Å². The number of ether oxygens (including phenoxy) is 4. The van der Waals surface area contributed by atoms with Crippen molar-refractivity contribution >= 4 is 5.97 Å². The van der Waals surface area contributed by atoms with Crippen LogP contribution in [0.5, 0.6) is 0 Å². The molecule has 5 atom stereocenters. The van der Waals surface area contributed by atoms with E-state index >= 15 is 0 Å². The lowest BCUT2D eigenvalue weighted by Gasteiger charge is -2.27. The minimum absolute atomic E-state index is 0.0869. The first kappa shape index (κ1) is 16.0. The Morgan fingerprint density at radius 2 is 1.91 bits per heavy atom. The molecule has 3 fully saturated rings. The van der Waals surface area contributed by atoms with E-state index in [-0.39, 0.29) is 23.5 Å². The molecule has 1 saturated carbocycles. The normalized spacial score (nSPS) is 42.1. The maximum Gasteiger partial charge on any atom is 0.332 e. The van der Waals surface area contributed by atoms with Crippen molar-refractivity contribution in [3.05, 3.63) is 12.7 Å². The minimum Gasteiger partial charge on any atom is -0.432 e. The van der Waals surface area contributed by atoms with E-state index in [4.69, 9.17) is 18.9 Å². The predicted molar refractivity (Wildman–Crippen MR) is 79.8 cm³/mol. The summed E-state index contributed by atoms with van der Waals surface area (Å²) >= 11 is 0. The van der Waals surface area contributed by atoms with Gasteiger partial charge in [-0.1, -0.05) is 20.4 Å². The highest BCUT2D eigenvalue weighted by atomic mass is 16.8. The Hall–Kier alpha value is -0.910. The Morgan fingerprint density at radius 3 is 2.50 bits per heavy atom. The molecule has 124 valence electrons. The van der Waals surface area contributed by atoms with Gasteiger partial charge < -0.3 is 18.9 Å². The van der Waals surface area contributed by atoms with Gasteiger partial charge in [-0.2, -0.15) is 0 Å². The molecule has 5 heteroatoms. The number of fused-ring (bicyclic) bond motifs is 1. The molecule has 0 bridgehead atoms. The van der Waals surface area contributed by atoms with Gasteiger partial charge in [0.2, 0.25) is 6.29 Å². The molecule has 3 aliphatic rings. The summed E-state index contributed by atoms with van der Waals surface area (Å²) in [6, 6.07) is 0. The Labute approximate surface area is 131 Å². The molecule has 0 aromatic heterocycles. The third-order valence-corrected chi connectivity index (χ3v) is 4.99. The van der Waals surface area contributed by atoms with Crippen molar-refractivity contribution in [3.8, 4) is 0 Å². The molecule has 22 heavy (non-hydrogen) atoms. The number of hydrogen-bond acceptors (Lipinski definition) is 5. The van der Waals surface area contributed by atoms with Gasteiger partial charge in [-0.25, -0.2) is 4.79 Å². The van der Waals surface area contributed by atoms with Crippen LogP contribution in [0.25, 0.3) is 0 Å². The van der Waals surface area contributed by atoms with E-state index in [1.54, 1.807) is 0 Å². The number of hydrogen-bond donors (Lipinski definition) is 0. The fourth-order valence-electron chi connectivity index (χ4n) is 4.20. The van der Waals surface area contributed by atoms with Crippen LogP contribution in [0.15, 0.2) is 12.7 Å². The molecule has 0 N–H and O–H groups in total. The van der Waals surface area contributed by atoms with Crippen molar-refractivity contribution in [2.75, 3.05) is 6.61 Å². The van der Waals surface area contributed by atoms with Gasteiger partial charge in [-0.3, -0.25) is 0 Å². The summed E-state index contributed by atoms with van der Waals surface area (Å²) in [6.07, 6.45) is 2.52. The molecule has 0 spiro atoms. The summed E-state index contributed by atoms with van der Waals surface area (Å²) in [5, 5.41) is 0. The maximum atomic E-state index is 11.6. The van der Waals surface area contributed by atoms with Crippen LogP contribution >= 0.6 is 0 Å². The smallest absolute Gasteiger partial charge is 0.332 e. The molecule has 2 heterocycles. The summed E-state index contributed by atoms with van der Waals surface area (Å²) in [5.41, 5.74) is 0.227. The van der Waals surface area contributed by atoms with E-state index in [9.17, 15) is 4.79 Å². The third kappa shape index (κ3) is 2.94. The molecule has 2 saturated heterocycles. The molecule has 1 aliphatic carbocycles. The lowest BCUT2D eigenvalue weighted by Crippen LogP contribution is -2.36. The van der Waals surface area contributed by atoms with E-state index in [1.807, 2.05) is 13.8 Å². The van der Waals surface area contributed by atoms with Crippen LogP contribution < -0.4 is 0 Å². The van der Waals surface area contributed by atoms with Crippen LogP contribution in [0.4, 0.5) is 0 Å². The van der Waals surface area contributed by atoms with Gasteiger partial charge in [0.05, 0.1) is 12.7 Å². The van der Waals surface area contributed by atoms with Crippen molar-refractivity contribution in [2.45, 2.75) is 64.8 Å². The summed E-state index contributed by atoms with van der Waals surface area (Å²) < 4.78 is 23.2. The lowest BCUT2D eigenvalue weighted by atomic mass is 9.88. The summed E-state index contributed by atoms with van der Waals surface area (Å²) in [4.78, 5) is 11.6. The van der Waals surface area contributed by atoms with Crippen molar-refractivity contribution in [1.29, 1.82) is 0 Å². The Kier molecular flexibility index (Phi) is 3.86. The highest BCUT2D eigenvalue weighted by Crippen LogP contribution is 2.54. The summed E-state index contributed by atoms with van der Waals surface area (Å²) in [7, 11) is 0. The van der Waals surface area contributed by atoms with Crippen LogP contribution in [-0.4, -0.2) is 36.9 Å². The van der Waals surface area contributed by atoms with E-state index < -0.39 is 18.0 Å². The first-order valence-corrected chi connectivity index (χ1v) is 8.01. The predicted octanol–water partition coefficient (Wildman–Crippen LogP) is 2.64. The molecule has 0 aromatic carbocycles. The molecule has 0 radical (unpaired) electrons. The van der Waals surface area contributed by atoms with Gasteiger partial charge in [0.15, 0.2) is 5.79 Å². The Morgan fingerprint density at radius 1 is 1.23 bits per heavy atom. The fraction of sp³-hybridized carbons (Fsp3) is 0.824. The Bertz CT molecular complexity index is 470. The maximum absolute atomic E-state index is 11.6. The van der Waals surface area contributed by atoms with Gasteiger partial charge in [0, 0.05) is 12.0 Å².